The summed E-state index contributed by atoms with van der Waals surface area (Å²) in [7, 11) is 1.97. The quantitative estimate of drug-likeness (QED) is 0.836. The van der Waals surface area contributed by atoms with Gasteiger partial charge in [-0.15, -0.1) is 0 Å². The van der Waals surface area contributed by atoms with Crippen LogP contribution in [0, 0.1) is 6.92 Å². The lowest BCUT2D eigenvalue weighted by Crippen LogP contribution is -2.30. The largest absolute Gasteiger partial charge is 0.307 e. The van der Waals surface area contributed by atoms with Gasteiger partial charge in [-0.25, -0.2) is 0 Å². The molecule has 0 saturated carbocycles. The van der Waals surface area contributed by atoms with Gasteiger partial charge < -0.3 is 5.32 Å². The molecule has 0 aromatic carbocycles. The first-order valence-corrected chi connectivity index (χ1v) is 6.69. The molecule has 1 rings (SSSR count). The van der Waals surface area contributed by atoms with Gasteiger partial charge in [-0.1, -0.05) is 0 Å². The molecule has 86 valence electrons. The van der Waals surface area contributed by atoms with E-state index < -0.39 is 0 Å². The molecule has 1 aromatic rings. The topological polar surface area (TPSA) is 29.9 Å². The van der Waals surface area contributed by atoms with Gasteiger partial charge in [0.25, 0.3) is 0 Å². The van der Waals surface area contributed by atoms with Gasteiger partial charge in [-0.05, 0) is 27.0 Å². The molecular formula is C11H21N3S. The van der Waals surface area contributed by atoms with Crippen LogP contribution in [0.2, 0.25) is 0 Å². The van der Waals surface area contributed by atoms with Gasteiger partial charge in [-0.2, -0.15) is 16.9 Å². The highest BCUT2D eigenvalue weighted by atomic mass is 32.2. The summed E-state index contributed by atoms with van der Waals surface area (Å²) < 4.78 is 1.88. The van der Waals surface area contributed by atoms with E-state index in [4.69, 9.17) is 0 Å². The van der Waals surface area contributed by atoms with Crippen LogP contribution in [-0.4, -0.2) is 27.8 Å². The van der Waals surface area contributed by atoms with Crippen LogP contribution in [0.15, 0.2) is 6.20 Å². The Kier molecular flexibility index (Phi) is 4.67. The minimum Gasteiger partial charge on any atom is -0.307 e. The van der Waals surface area contributed by atoms with Crippen molar-refractivity contribution in [3.8, 4) is 0 Å². The monoisotopic (exact) mass is 227 g/mol. The summed E-state index contributed by atoms with van der Waals surface area (Å²) in [6, 6.07) is 0.912. The van der Waals surface area contributed by atoms with Crippen LogP contribution in [0.5, 0.6) is 0 Å². The second-order valence-corrected chi connectivity index (χ2v) is 5.00. The number of nitrogens with one attached hydrogen (secondary N) is 1. The number of nitrogens with zero attached hydrogens (tertiary/aromatic N) is 2. The molecule has 4 heteroatoms. The minimum atomic E-state index is 0.376. The van der Waals surface area contributed by atoms with E-state index in [1.165, 1.54) is 5.56 Å². The zero-order chi connectivity index (χ0) is 11.4. The van der Waals surface area contributed by atoms with Crippen molar-refractivity contribution in [2.45, 2.75) is 32.9 Å². The number of hydrogen-bond acceptors (Lipinski definition) is 3. The SMILES string of the molecule is CSCC(C)NC(C)c1cn(C)nc1C. The summed E-state index contributed by atoms with van der Waals surface area (Å²) in [6.07, 6.45) is 4.23. The molecule has 0 spiro atoms. The van der Waals surface area contributed by atoms with E-state index in [9.17, 15) is 0 Å². The van der Waals surface area contributed by atoms with E-state index in [2.05, 4.69) is 43.6 Å². The average molecular weight is 227 g/mol. The number of aryl methyl sites for hydroxylation is 2. The van der Waals surface area contributed by atoms with E-state index in [-0.39, 0.29) is 0 Å². The molecule has 0 bridgehead atoms. The minimum absolute atomic E-state index is 0.376. The fourth-order valence-electron chi connectivity index (χ4n) is 1.86. The first-order chi connectivity index (χ1) is 7.04. The molecule has 1 aromatic heterocycles. The lowest BCUT2D eigenvalue weighted by Gasteiger charge is -2.18. The predicted octanol–water partition coefficient (Wildman–Crippen LogP) is 2.13. The van der Waals surface area contributed by atoms with Crippen LogP contribution in [0.1, 0.15) is 31.1 Å². The molecule has 0 radical (unpaired) electrons. The van der Waals surface area contributed by atoms with Crippen LogP contribution in [-0.2, 0) is 7.05 Å². The van der Waals surface area contributed by atoms with Gasteiger partial charge in [0.2, 0.25) is 0 Å². The lowest BCUT2D eigenvalue weighted by molar-refractivity contribution is 0.509. The maximum Gasteiger partial charge on any atom is 0.0641 e. The van der Waals surface area contributed by atoms with Crippen molar-refractivity contribution >= 4 is 11.8 Å². The van der Waals surface area contributed by atoms with E-state index in [1.807, 2.05) is 23.5 Å². The van der Waals surface area contributed by atoms with E-state index >= 15 is 0 Å². The number of rotatable bonds is 5. The van der Waals surface area contributed by atoms with Crippen molar-refractivity contribution in [1.82, 2.24) is 15.1 Å². The summed E-state index contributed by atoms with van der Waals surface area (Å²) >= 11 is 1.87. The van der Waals surface area contributed by atoms with Crippen molar-refractivity contribution in [2.24, 2.45) is 7.05 Å². The van der Waals surface area contributed by atoms with Crippen molar-refractivity contribution in [2.75, 3.05) is 12.0 Å². The van der Waals surface area contributed by atoms with Gasteiger partial charge in [0.05, 0.1) is 5.69 Å². The molecule has 0 aliphatic rings. The Hall–Kier alpha value is -0.480. The molecule has 0 aliphatic heterocycles. The molecule has 2 unspecified atom stereocenters. The smallest absolute Gasteiger partial charge is 0.0641 e. The van der Waals surface area contributed by atoms with Crippen molar-refractivity contribution < 1.29 is 0 Å². The first kappa shape index (κ1) is 12.6. The van der Waals surface area contributed by atoms with E-state index in [1.54, 1.807) is 0 Å². The Bertz CT molecular complexity index is 309. The van der Waals surface area contributed by atoms with Gasteiger partial charge >= 0.3 is 0 Å². The highest BCUT2D eigenvalue weighted by Gasteiger charge is 2.13. The summed E-state index contributed by atoms with van der Waals surface area (Å²) in [6.45, 7) is 6.48. The zero-order valence-corrected chi connectivity index (χ0v) is 11.1. The van der Waals surface area contributed by atoms with Crippen LogP contribution in [0.4, 0.5) is 0 Å². The number of thioether (sulfide) groups is 1. The van der Waals surface area contributed by atoms with E-state index in [0.29, 0.717) is 12.1 Å². The van der Waals surface area contributed by atoms with Crippen LogP contribution in [0.3, 0.4) is 0 Å². The summed E-state index contributed by atoms with van der Waals surface area (Å²) in [5, 5.41) is 7.93. The Balaban J connectivity index is 2.60. The Labute approximate surface area is 96.6 Å². The second-order valence-electron chi connectivity index (χ2n) is 4.09. The fraction of sp³-hybridized carbons (Fsp3) is 0.727. The molecule has 0 saturated heterocycles. The zero-order valence-electron chi connectivity index (χ0n) is 10.2. The van der Waals surface area contributed by atoms with Gasteiger partial charge in [0, 0.05) is 36.6 Å². The standard InChI is InChI=1S/C11H21N3S/c1-8(7-15-5)12-9(2)11-6-14(4)13-10(11)3/h6,8-9,12H,7H2,1-5H3. The average Bonchev–Trinajstić information content (AvgIpc) is 2.45. The summed E-state index contributed by atoms with van der Waals surface area (Å²) in [5.41, 5.74) is 2.42. The fourth-order valence-corrected chi connectivity index (χ4v) is 2.45. The molecule has 1 heterocycles. The van der Waals surface area contributed by atoms with Crippen molar-refractivity contribution in [1.29, 1.82) is 0 Å². The Morgan fingerprint density at radius 1 is 1.53 bits per heavy atom. The van der Waals surface area contributed by atoms with Gasteiger partial charge in [0.1, 0.15) is 0 Å². The third-order valence-corrected chi connectivity index (χ3v) is 3.30. The molecule has 0 aliphatic carbocycles. The maximum atomic E-state index is 4.36. The second kappa shape index (κ2) is 5.56. The molecular weight excluding hydrogens is 206 g/mol. The Morgan fingerprint density at radius 2 is 2.20 bits per heavy atom. The summed E-state index contributed by atoms with van der Waals surface area (Å²) in [5.74, 6) is 1.14. The highest BCUT2D eigenvalue weighted by Crippen LogP contribution is 2.16. The first-order valence-electron chi connectivity index (χ1n) is 5.29. The highest BCUT2D eigenvalue weighted by molar-refractivity contribution is 7.98. The predicted molar refractivity (Wildman–Crippen MR) is 67.3 cm³/mol. The third kappa shape index (κ3) is 3.54. The van der Waals surface area contributed by atoms with Gasteiger partial charge in [0.15, 0.2) is 0 Å². The molecule has 3 nitrogen and oxygen atoms in total. The van der Waals surface area contributed by atoms with Crippen LogP contribution >= 0.6 is 11.8 Å². The molecule has 1 N–H and O–H groups in total. The maximum absolute atomic E-state index is 4.36. The number of hydrogen-bond donors (Lipinski definition) is 1. The van der Waals surface area contributed by atoms with Crippen LogP contribution < -0.4 is 5.32 Å². The van der Waals surface area contributed by atoms with E-state index in [0.717, 1.165) is 11.4 Å². The molecule has 15 heavy (non-hydrogen) atoms. The molecule has 0 fully saturated rings. The van der Waals surface area contributed by atoms with Gasteiger partial charge in [-0.3, -0.25) is 4.68 Å². The molecule has 2 atom stereocenters. The van der Waals surface area contributed by atoms with Crippen molar-refractivity contribution in [3.05, 3.63) is 17.5 Å². The Morgan fingerprint density at radius 3 is 2.67 bits per heavy atom. The normalized spacial score (nSPS) is 15.3. The van der Waals surface area contributed by atoms with Crippen LogP contribution in [0.25, 0.3) is 0 Å². The molecule has 0 amide bonds. The third-order valence-electron chi connectivity index (χ3n) is 2.47. The summed E-state index contributed by atoms with van der Waals surface area (Å²) in [4.78, 5) is 0. The van der Waals surface area contributed by atoms with Crippen molar-refractivity contribution in [3.63, 3.8) is 0 Å². The lowest BCUT2D eigenvalue weighted by atomic mass is 10.1. The number of aromatic nitrogens is 2.